The smallest absolute Gasteiger partial charge is 0.253 e. The number of anilines is 1. The maximum atomic E-state index is 14.5. The van der Waals surface area contributed by atoms with Crippen LogP contribution in [0.3, 0.4) is 0 Å². The molecular formula is C18H19FN4O4S. The number of nitrogens with two attached hydrogens (primary N) is 1. The number of benzene rings is 2. The van der Waals surface area contributed by atoms with Crippen molar-refractivity contribution in [2.45, 2.75) is 18.4 Å². The number of amides is 1. The van der Waals surface area contributed by atoms with E-state index in [0.717, 1.165) is 6.26 Å². The molecule has 8 nitrogen and oxygen atoms in total. The van der Waals surface area contributed by atoms with Gasteiger partial charge in [0.2, 0.25) is 0 Å². The minimum Gasteiger partial charge on any atom is -0.491 e. The zero-order valence-electron chi connectivity index (χ0n) is 15.2. The minimum absolute atomic E-state index is 0.0204. The van der Waals surface area contributed by atoms with Gasteiger partial charge in [-0.3, -0.25) is 4.79 Å². The third-order valence-electron chi connectivity index (χ3n) is 4.04. The number of aromatic nitrogens is 2. The fourth-order valence-corrected chi connectivity index (χ4v) is 3.33. The molecule has 2 aromatic carbocycles. The number of halogens is 1. The second-order valence-electron chi connectivity index (χ2n) is 6.11. The number of nitrogens with zero attached hydrogens (tertiary/aromatic N) is 1. The van der Waals surface area contributed by atoms with Crippen LogP contribution in [0.4, 0.5) is 10.3 Å². The number of rotatable bonds is 6. The van der Waals surface area contributed by atoms with Crippen LogP contribution in [0.2, 0.25) is 0 Å². The summed E-state index contributed by atoms with van der Waals surface area (Å²) >= 11 is 0. The van der Waals surface area contributed by atoms with Crippen molar-refractivity contribution >= 4 is 32.7 Å². The Bertz CT molecular complexity index is 1140. The van der Waals surface area contributed by atoms with Gasteiger partial charge in [0.1, 0.15) is 5.52 Å². The fourth-order valence-electron chi connectivity index (χ4n) is 2.70. The van der Waals surface area contributed by atoms with Crippen LogP contribution >= 0.6 is 0 Å². The summed E-state index contributed by atoms with van der Waals surface area (Å²) in [6.07, 6.45) is 1.12. The number of nitrogen functional groups attached to an aromatic ring is 1. The molecule has 3 rings (SSSR count). The first-order valence-electron chi connectivity index (χ1n) is 8.38. The molecule has 0 fully saturated rings. The van der Waals surface area contributed by atoms with Gasteiger partial charge in [-0.1, -0.05) is 12.1 Å². The molecule has 0 bridgehead atoms. The van der Waals surface area contributed by atoms with Crippen molar-refractivity contribution in [3.8, 4) is 5.75 Å². The summed E-state index contributed by atoms with van der Waals surface area (Å²) in [6.45, 7) is 2.06. The highest BCUT2D eigenvalue weighted by Crippen LogP contribution is 2.29. The minimum atomic E-state index is -3.29. The van der Waals surface area contributed by atoms with E-state index in [4.69, 9.17) is 10.5 Å². The van der Waals surface area contributed by atoms with Gasteiger partial charge in [-0.25, -0.2) is 17.8 Å². The molecule has 0 radical (unpaired) electrons. The molecule has 0 spiro atoms. The van der Waals surface area contributed by atoms with Gasteiger partial charge in [-0.15, -0.1) is 0 Å². The molecule has 28 heavy (non-hydrogen) atoms. The van der Waals surface area contributed by atoms with Crippen LogP contribution in [0, 0.1) is 5.82 Å². The summed E-state index contributed by atoms with van der Waals surface area (Å²) in [5.74, 6) is -1.29. The van der Waals surface area contributed by atoms with Crippen molar-refractivity contribution in [3.63, 3.8) is 0 Å². The van der Waals surface area contributed by atoms with Gasteiger partial charge in [0.25, 0.3) is 5.91 Å². The quantitative estimate of drug-likeness (QED) is 0.575. The monoisotopic (exact) mass is 406 g/mol. The number of ether oxygens (including phenoxy) is 1. The number of carbonyl (C=O) groups is 1. The number of imidazole rings is 1. The van der Waals surface area contributed by atoms with Gasteiger partial charge >= 0.3 is 0 Å². The SMILES string of the molecule is CCOc1cc(C(=O)NCc2ccc(S(C)(=O)=O)cc2)c2[nH]c(N)nc2c1F. The third kappa shape index (κ3) is 3.91. The molecule has 0 saturated heterocycles. The Labute approximate surface area is 160 Å². The number of nitrogens with one attached hydrogen (secondary N) is 2. The van der Waals surface area contributed by atoms with E-state index in [0.29, 0.717) is 5.56 Å². The highest BCUT2D eigenvalue weighted by molar-refractivity contribution is 7.90. The van der Waals surface area contributed by atoms with Crippen molar-refractivity contribution in [3.05, 3.63) is 47.3 Å². The van der Waals surface area contributed by atoms with Crippen molar-refractivity contribution in [2.24, 2.45) is 0 Å². The molecule has 0 atom stereocenters. The molecule has 0 unspecified atom stereocenters. The number of H-pyrrole nitrogens is 1. The average Bonchev–Trinajstić information content (AvgIpc) is 3.03. The number of aromatic amines is 1. The zero-order valence-corrected chi connectivity index (χ0v) is 16.1. The van der Waals surface area contributed by atoms with Crippen LogP contribution < -0.4 is 15.8 Å². The normalized spacial score (nSPS) is 11.5. The Morgan fingerprint density at radius 1 is 1.32 bits per heavy atom. The van der Waals surface area contributed by atoms with Gasteiger partial charge in [-0.05, 0) is 30.7 Å². The van der Waals surface area contributed by atoms with Gasteiger partial charge in [0.05, 0.1) is 22.6 Å². The Balaban J connectivity index is 1.86. The van der Waals surface area contributed by atoms with Crippen LogP contribution in [-0.4, -0.2) is 37.2 Å². The summed E-state index contributed by atoms with van der Waals surface area (Å²) in [4.78, 5) is 19.4. The third-order valence-corrected chi connectivity index (χ3v) is 5.17. The maximum absolute atomic E-state index is 14.5. The van der Waals surface area contributed by atoms with E-state index in [1.807, 2.05) is 0 Å². The molecule has 10 heteroatoms. The van der Waals surface area contributed by atoms with Crippen molar-refractivity contribution in [1.82, 2.24) is 15.3 Å². The number of sulfone groups is 1. The van der Waals surface area contributed by atoms with Crippen LogP contribution in [0.25, 0.3) is 11.0 Å². The predicted octanol–water partition coefficient (Wildman–Crippen LogP) is 2.02. The van der Waals surface area contributed by atoms with Crippen LogP contribution in [-0.2, 0) is 16.4 Å². The molecule has 0 aliphatic heterocycles. The summed E-state index contributed by atoms with van der Waals surface area (Å²) in [6, 6.07) is 7.44. The van der Waals surface area contributed by atoms with Gasteiger partial charge in [0, 0.05) is 12.8 Å². The summed E-state index contributed by atoms with van der Waals surface area (Å²) in [5.41, 5.74) is 6.54. The number of carbonyl (C=O) groups excluding carboxylic acids is 1. The van der Waals surface area contributed by atoms with Gasteiger partial charge in [-0.2, -0.15) is 0 Å². The average molecular weight is 406 g/mol. The second kappa shape index (κ2) is 7.47. The predicted molar refractivity (Wildman–Crippen MR) is 102 cm³/mol. The standard InChI is InChI=1S/C18H19FN4O4S/c1-3-27-13-8-12(15-16(14(13)19)23-18(20)22-15)17(24)21-9-10-4-6-11(7-5-10)28(2,25)26/h4-8H,3,9H2,1-2H3,(H,21,24)(H3,20,22,23). The molecule has 4 N–H and O–H groups in total. The Hall–Kier alpha value is -3.14. The summed E-state index contributed by atoms with van der Waals surface area (Å²) in [5, 5.41) is 2.71. The Morgan fingerprint density at radius 3 is 2.61 bits per heavy atom. The van der Waals surface area contributed by atoms with E-state index in [-0.39, 0.29) is 46.3 Å². The first-order valence-corrected chi connectivity index (χ1v) is 10.3. The molecule has 0 aliphatic rings. The lowest BCUT2D eigenvalue weighted by atomic mass is 10.1. The fraction of sp³-hybridized carbons (Fsp3) is 0.222. The van der Waals surface area contributed by atoms with E-state index in [1.165, 1.54) is 18.2 Å². The lowest BCUT2D eigenvalue weighted by Gasteiger charge is -2.10. The first-order chi connectivity index (χ1) is 13.2. The van der Waals surface area contributed by atoms with Crippen molar-refractivity contribution in [2.75, 3.05) is 18.6 Å². The molecule has 1 aromatic heterocycles. The molecule has 0 aliphatic carbocycles. The number of hydrogen-bond acceptors (Lipinski definition) is 6. The second-order valence-corrected chi connectivity index (χ2v) is 8.13. The number of fused-ring (bicyclic) bond motifs is 1. The van der Waals surface area contributed by atoms with Crippen molar-refractivity contribution in [1.29, 1.82) is 0 Å². The van der Waals surface area contributed by atoms with Crippen molar-refractivity contribution < 1.29 is 22.3 Å². The van der Waals surface area contributed by atoms with E-state index in [2.05, 4.69) is 15.3 Å². The van der Waals surface area contributed by atoms with E-state index >= 15 is 0 Å². The largest absolute Gasteiger partial charge is 0.491 e. The Morgan fingerprint density at radius 2 is 2.00 bits per heavy atom. The molecule has 3 aromatic rings. The maximum Gasteiger partial charge on any atom is 0.253 e. The topological polar surface area (TPSA) is 127 Å². The van der Waals surface area contributed by atoms with E-state index in [9.17, 15) is 17.6 Å². The molecule has 0 saturated carbocycles. The lowest BCUT2D eigenvalue weighted by molar-refractivity contribution is 0.0952. The van der Waals surface area contributed by atoms with Crippen LogP contribution in [0.5, 0.6) is 5.75 Å². The molecular weight excluding hydrogens is 387 g/mol. The van der Waals surface area contributed by atoms with Crippen LogP contribution in [0.1, 0.15) is 22.8 Å². The lowest BCUT2D eigenvalue weighted by Crippen LogP contribution is -2.23. The molecule has 148 valence electrons. The van der Waals surface area contributed by atoms with E-state index < -0.39 is 21.6 Å². The highest BCUT2D eigenvalue weighted by atomic mass is 32.2. The Kier molecular flexibility index (Phi) is 5.23. The van der Waals surface area contributed by atoms with Gasteiger partial charge in [0.15, 0.2) is 27.4 Å². The zero-order chi connectivity index (χ0) is 20.5. The number of hydrogen-bond donors (Lipinski definition) is 3. The van der Waals surface area contributed by atoms with E-state index in [1.54, 1.807) is 19.1 Å². The highest BCUT2D eigenvalue weighted by Gasteiger charge is 2.21. The summed E-state index contributed by atoms with van der Waals surface area (Å²) < 4.78 is 42.7. The first kappa shape index (κ1) is 19.6. The molecule has 1 heterocycles. The molecule has 1 amide bonds. The van der Waals surface area contributed by atoms with Gasteiger partial charge < -0.3 is 20.8 Å². The summed E-state index contributed by atoms with van der Waals surface area (Å²) in [7, 11) is -3.29. The van der Waals surface area contributed by atoms with Crippen LogP contribution in [0.15, 0.2) is 35.2 Å².